The molecule has 196 valence electrons. The zero-order valence-corrected chi connectivity index (χ0v) is 22.7. The highest BCUT2D eigenvalue weighted by Gasteiger charge is 2.12. The Hall–Kier alpha value is -0.870. The predicted octanol–water partition coefficient (Wildman–Crippen LogP) is 7.69. The third-order valence-electron chi connectivity index (χ3n) is 6.44. The molecule has 0 aliphatic rings. The maximum absolute atomic E-state index is 12.3. The number of aliphatic hydroxyl groups is 1. The minimum Gasteiger partial charge on any atom is -0.465 e. The summed E-state index contributed by atoms with van der Waals surface area (Å²) in [6.45, 7) is 12.1. The lowest BCUT2D eigenvalue weighted by Gasteiger charge is -2.19. The smallest absolute Gasteiger partial charge is 0.305 e. The lowest BCUT2D eigenvalue weighted by Crippen LogP contribution is -2.28. The molecule has 0 bridgehead atoms. The number of ether oxygens (including phenoxy) is 1. The van der Waals surface area contributed by atoms with E-state index in [9.17, 15) is 9.90 Å². The molecule has 0 radical (unpaired) electrons. The average molecular weight is 468 g/mol. The van der Waals surface area contributed by atoms with Gasteiger partial charge in [-0.05, 0) is 52.0 Å². The second-order valence-corrected chi connectivity index (χ2v) is 10.1. The molecule has 0 rings (SSSR count). The molecule has 1 N–H and O–H groups in total. The van der Waals surface area contributed by atoms with Crippen LogP contribution in [0.4, 0.5) is 0 Å². The topological polar surface area (TPSA) is 49.8 Å². The van der Waals surface area contributed by atoms with Gasteiger partial charge < -0.3 is 9.84 Å². The number of unbranched alkanes of at least 4 members (excludes halogenated alkanes) is 10. The first-order valence-corrected chi connectivity index (χ1v) is 14.2. The van der Waals surface area contributed by atoms with Crippen molar-refractivity contribution >= 4 is 5.97 Å². The molecule has 0 saturated carbocycles. The first kappa shape index (κ1) is 32.1. The number of rotatable bonds is 24. The normalized spacial score (nSPS) is 12.2. The minimum atomic E-state index is -0.0201. The summed E-state index contributed by atoms with van der Waals surface area (Å²) < 4.78 is 5.70. The Kier molecular flexibility index (Phi) is 23.6. The second-order valence-electron chi connectivity index (χ2n) is 10.1. The van der Waals surface area contributed by atoms with Crippen molar-refractivity contribution in [3.05, 3.63) is 11.6 Å². The highest BCUT2D eigenvalue weighted by atomic mass is 16.5. The average Bonchev–Trinajstić information content (AvgIpc) is 2.79. The van der Waals surface area contributed by atoms with Crippen molar-refractivity contribution in [2.24, 2.45) is 5.92 Å². The van der Waals surface area contributed by atoms with E-state index in [-0.39, 0.29) is 12.6 Å². The maximum atomic E-state index is 12.3. The first-order chi connectivity index (χ1) is 16.0. The summed E-state index contributed by atoms with van der Waals surface area (Å²) in [5.74, 6) is 0.521. The molecular formula is C29H57NO3. The van der Waals surface area contributed by atoms with Gasteiger partial charge in [0.1, 0.15) is 0 Å². The third-order valence-corrected chi connectivity index (χ3v) is 6.44. The van der Waals surface area contributed by atoms with E-state index < -0.39 is 0 Å². The van der Waals surface area contributed by atoms with Crippen molar-refractivity contribution < 1.29 is 14.6 Å². The summed E-state index contributed by atoms with van der Waals surface area (Å²) in [5.41, 5.74) is 1.31. The Labute approximate surface area is 206 Å². The molecule has 0 saturated heterocycles. The monoisotopic (exact) mass is 467 g/mol. The molecule has 1 unspecified atom stereocenters. The van der Waals surface area contributed by atoms with Crippen LogP contribution in [0, 0.1) is 5.92 Å². The number of carbonyl (C=O) groups excluding carboxylic acids is 1. The summed E-state index contributed by atoms with van der Waals surface area (Å²) in [4.78, 5) is 14.6. The number of carbonyl (C=O) groups is 1. The van der Waals surface area contributed by atoms with E-state index in [1.54, 1.807) is 0 Å². The van der Waals surface area contributed by atoms with Gasteiger partial charge in [0.2, 0.25) is 0 Å². The van der Waals surface area contributed by atoms with E-state index in [4.69, 9.17) is 4.74 Å². The van der Waals surface area contributed by atoms with Gasteiger partial charge in [0, 0.05) is 19.5 Å². The van der Waals surface area contributed by atoms with E-state index in [1.165, 1.54) is 82.6 Å². The van der Waals surface area contributed by atoms with Crippen LogP contribution in [0.3, 0.4) is 0 Å². The van der Waals surface area contributed by atoms with E-state index in [0.717, 1.165) is 32.4 Å². The van der Waals surface area contributed by atoms with Crippen molar-refractivity contribution in [1.29, 1.82) is 0 Å². The standard InChI is InChI=1S/C29H57NO3/c1-5-7-9-11-12-15-19-28(18-14-10-8-6-2)26-33-29(32)20-16-13-17-22-30(24-25-31)23-21-27(3)4/h21,28,31H,5-20,22-26H2,1-4H3. The van der Waals surface area contributed by atoms with Crippen molar-refractivity contribution in [3.63, 3.8) is 0 Å². The summed E-state index contributed by atoms with van der Waals surface area (Å²) in [5, 5.41) is 9.24. The molecule has 0 fully saturated rings. The maximum Gasteiger partial charge on any atom is 0.305 e. The van der Waals surface area contributed by atoms with E-state index >= 15 is 0 Å². The molecule has 0 heterocycles. The minimum absolute atomic E-state index is 0.0201. The number of nitrogens with zero attached hydrogens (tertiary/aromatic N) is 1. The molecule has 33 heavy (non-hydrogen) atoms. The molecule has 1 atom stereocenters. The van der Waals surface area contributed by atoms with Gasteiger partial charge in [0.25, 0.3) is 0 Å². The number of esters is 1. The molecule has 0 aliphatic carbocycles. The van der Waals surface area contributed by atoms with Gasteiger partial charge >= 0.3 is 5.97 Å². The highest BCUT2D eigenvalue weighted by molar-refractivity contribution is 5.69. The molecule has 4 heteroatoms. The fraction of sp³-hybridized carbons (Fsp3) is 0.897. The van der Waals surface area contributed by atoms with Gasteiger partial charge in [-0.15, -0.1) is 0 Å². The van der Waals surface area contributed by atoms with Crippen LogP contribution in [0.2, 0.25) is 0 Å². The van der Waals surface area contributed by atoms with Gasteiger partial charge in [-0.25, -0.2) is 0 Å². The number of hydrogen-bond acceptors (Lipinski definition) is 4. The summed E-state index contributed by atoms with van der Waals surface area (Å²) in [6, 6.07) is 0. The Morgan fingerprint density at radius 3 is 2.00 bits per heavy atom. The second kappa shape index (κ2) is 24.3. The molecule has 0 aromatic heterocycles. The van der Waals surface area contributed by atoms with Crippen LogP contribution in [-0.4, -0.2) is 48.8 Å². The Morgan fingerprint density at radius 1 is 0.818 bits per heavy atom. The highest BCUT2D eigenvalue weighted by Crippen LogP contribution is 2.20. The SMILES string of the molecule is CCCCCCCCC(CCCCCC)COC(=O)CCCCCN(CC=C(C)C)CCO. The molecule has 4 nitrogen and oxygen atoms in total. The molecular weight excluding hydrogens is 410 g/mol. The Morgan fingerprint density at radius 2 is 1.39 bits per heavy atom. The van der Waals surface area contributed by atoms with Crippen LogP contribution in [-0.2, 0) is 9.53 Å². The molecule has 0 aliphatic heterocycles. The number of allylic oxidation sites excluding steroid dienone is 1. The van der Waals surface area contributed by atoms with Gasteiger partial charge in [-0.2, -0.15) is 0 Å². The van der Waals surface area contributed by atoms with Crippen LogP contribution in [0.15, 0.2) is 11.6 Å². The van der Waals surface area contributed by atoms with Gasteiger partial charge in [-0.1, -0.05) is 96.1 Å². The van der Waals surface area contributed by atoms with Gasteiger partial charge in [0.05, 0.1) is 13.2 Å². The Balaban J connectivity index is 4.09. The summed E-state index contributed by atoms with van der Waals surface area (Å²) in [6.07, 6.45) is 21.2. The van der Waals surface area contributed by atoms with Crippen molar-refractivity contribution in [2.75, 3.05) is 32.8 Å². The third kappa shape index (κ3) is 22.7. The van der Waals surface area contributed by atoms with Crippen LogP contribution < -0.4 is 0 Å². The van der Waals surface area contributed by atoms with E-state index in [0.29, 0.717) is 25.5 Å². The van der Waals surface area contributed by atoms with Crippen LogP contribution in [0.5, 0.6) is 0 Å². The van der Waals surface area contributed by atoms with Crippen molar-refractivity contribution in [1.82, 2.24) is 4.90 Å². The Bertz CT molecular complexity index is 460. The number of hydrogen-bond donors (Lipinski definition) is 1. The molecule has 0 amide bonds. The molecule has 0 aromatic rings. The zero-order valence-electron chi connectivity index (χ0n) is 22.7. The van der Waals surface area contributed by atoms with Crippen LogP contribution >= 0.6 is 0 Å². The number of aliphatic hydroxyl groups excluding tert-OH is 1. The lowest BCUT2D eigenvalue weighted by atomic mass is 9.95. The fourth-order valence-corrected chi connectivity index (χ4v) is 4.20. The van der Waals surface area contributed by atoms with Crippen molar-refractivity contribution in [2.45, 2.75) is 130 Å². The van der Waals surface area contributed by atoms with Crippen LogP contribution in [0.1, 0.15) is 130 Å². The van der Waals surface area contributed by atoms with Crippen LogP contribution in [0.25, 0.3) is 0 Å². The first-order valence-electron chi connectivity index (χ1n) is 14.2. The van der Waals surface area contributed by atoms with Gasteiger partial charge in [0.15, 0.2) is 0 Å². The van der Waals surface area contributed by atoms with E-state index in [2.05, 4.69) is 38.7 Å². The predicted molar refractivity (Wildman–Crippen MR) is 143 cm³/mol. The zero-order chi connectivity index (χ0) is 24.6. The van der Waals surface area contributed by atoms with Crippen molar-refractivity contribution in [3.8, 4) is 0 Å². The summed E-state index contributed by atoms with van der Waals surface area (Å²) >= 11 is 0. The largest absolute Gasteiger partial charge is 0.465 e. The fourth-order valence-electron chi connectivity index (χ4n) is 4.20. The quantitative estimate of drug-likeness (QED) is 0.0898. The van der Waals surface area contributed by atoms with Gasteiger partial charge in [-0.3, -0.25) is 9.69 Å². The van der Waals surface area contributed by atoms with E-state index in [1.807, 2.05) is 0 Å². The molecule has 0 spiro atoms. The summed E-state index contributed by atoms with van der Waals surface area (Å²) in [7, 11) is 0. The molecule has 0 aromatic carbocycles. The lowest BCUT2D eigenvalue weighted by molar-refractivity contribution is -0.145.